The highest BCUT2D eigenvalue weighted by atomic mass is 16.2. The number of aromatic nitrogens is 1. The Bertz CT molecular complexity index is 769. The molecule has 0 atom stereocenters. The van der Waals surface area contributed by atoms with E-state index in [1.54, 1.807) is 13.1 Å². The van der Waals surface area contributed by atoms with E-state index in [-0.39, 0.29) is 23.9 Å². The summed E-state index contributed by atoms with van der Waals surface area (Å²) in [6.45, 7) is 10.1. The second kappa shape index (κ2) is 6.91. The number of likely N-dealkylation sites (N-methyl/N-ethyl adjacent to an activating group) is 1. The van der Waals surface area contributed by atoms with Gasteiger partial charge in [-0.2, -0.15) is 0 Å². The van der Waals surface area contributed by atoms with E-state index in [0.717, 1.165) is 10.9 Å². The van der Waals surface area contributed by atoms with Crippen LogP contribution in [0.2, 0.25) is 0 Å². The predicted octanol–water partition coefficient (Wildman–Crippen LogP) is 2.81. The highest BCUT2D eigenvalue weighted by Crippen LogP contribution is 2.22. The number of fused-ring (bicyclic) bond motifs is 1. The van der Waals surface area contributed by atoms with Crippen LogP contribution in [0.15, 0.2) is 43.1 Å². The molecule has 2 amide bonds. The standard InChI is InChI=1S/C19H25N3O2/c1-6-11-22-12-15(14-9-7-8-10-16(14)22)18(24)21(5)13-17(23)20-19(2,3)4/h6-10,12H,1,11,13H2,2-5H3,(H,20,23). The van der Waals surface area contributed by atoms with Crippen LogP contribution in [-0.4, -0.2) is 40.4 Å². The summed E-state index contributed by atoms with van der Waals surface area (Å²) < 4.78 is 1.98. The van der Waals surface area contributed by atoms with E-state index >= 15 is 0 Å². The van der Waals surface area contributed by atoms with Crippen LogP contribution < -0.4 is 5.32 Å². The van der Waals surface area contributed by atoms with Crippen LogP contribution in [-0.2, 0) is 11.3 Å². The normalized spacial score (nSPS) is 11.3. The second-order valence-corrected chi connectivity index (χ2v) is 6.96. The fraction of sp³-hybridized carbons (Fsp3) is 0.368. The summed E-state index contributed by atoms with van der Waals surface area (Å²) in [6.07, 6.45) is 3.62. The number of nitrogens with one attached hydrogen (secondary N) is 1. The van der Waals surface area contributed by atoms with E-state index in [1.807, 2.05) is 55.8 Å². The molecular weight excluding hydrogens is 302 g/mol. The number of nitrogens with zero attached hydrogens (tertiary/aromatic N) is 2. The third-order valence-electron chi connectivity index (χ3n) is 3.59. The van der Waals surface area contributed by atoms with E-state index in [2.05, 4.69) is 11.9 Å². The minimum atomic E-state index is -0.318. The van der Waals surface area contributed by atoms with Crippen LogP contribution in [0.5, 0.6) is 0 Å². The number of carbonyl (C=O) groups is 2. The van der Waals surface area contributed by atoms with Crippen LogP contribution in [0.1, 0.15) is 31.1 Å². The molecule has 0 aliphatic carbocycles. The SMILES string of the molecule is C=CCn1cc(C(=O)N(C)CC(=O)NC(C)(C)C)c2ccccc21. The Morgan fingerprint density at radius 3 is 2.58 bits per heavy atom. The fourth-order valence-corrected chi connectivity index (χ4v) is 2.66. The molecule has 0 bridgehead atoms. The van der Waals surface area contributed by atoms with Crippen LogP contribution in [0.25, 0.3) is 10.9 Å². The quantitative estimate of drug-likeness (QED) is 0.859. The lowest BCUT2D eigenvalue weighted by Gasteiger charge is -2.23. The maximum Gasteiger partial charge on any atom is 0.256 e. The molecule has 1 aromatic carbocycles. The van der Waals surface area contributed by atoms with Crippen molar-refractivity contribution in [3.8, 4) is 0 Å². The number of hydrogen-bond acceptors (Lipinski definition) is 2. The van der Waals surface area contributed by atoms with E-state index in [4.69, 9.17) is 0 Å². The van der Waals surface area contributed by atoms with Crippen molar-refractivity contribution in [2.24, 2.45) is 0 Å². The van der Waals surface area contributed by atoms with Gasteiger partial charge in [0.2, 0.25) is 5.91 Å². The minimum absolute atomic E-state index is 0.0249. The first-order chi connectivity index (χ1) is 11.2. The number of carbonyl (C=O) groups excluding carboxylic acids is 2. The van der Waals surface area contributed by atoms with E-state index in [1.165, 1.54) is 4.90 Å². The molecule has 5 nitrogen and oxygen atoms in total. The van der Waals surface area contributed by atoms with Crippen molar-refractivity contribution in [1.29, 1.82) is 0 Å². The summed E-state index contributed by atoms with van der Waals surface area (Å²) in [7, 11) is 1.64. The van der Waals surface area contributed by atoms with Crippen molar-refractivity contribution < 1.29 is 9.59 Å². The molecule has 24 heavy (non-hydrogen) atoms. The van der Waals surface area contributed by atoms with Gasteiger partial charge in [0.05, 0.1) is 12.1 Å². The molecule has 128 valence electrons. The number of hydrogen-bond donors (Lipinski definition) is 1. The van der Waals surface area contributed by atoms with Gasteiger partial charge in [-0.15, -0.1) is 6.58 Å². The number of amides is 2. The molecule has 0 radical (unpaired) electrons. The smallest absolute Gasteiger partial charge is 0.256 e. The summed E-state index contributed by atoms with van der Waals surface area (Å²) in [6, 6.07) is 7.74. The maximum atomic E-state index is 12.8. The molecular formula is C19H25N3O2. The predicted molar refractivity (Wildman–Crippen MR) is 97.0 cm³/mol. The Morgan fingerprint density at radius 1 is 1.29 bits per heavy atom. The molecule has 0 saturated carbocycles. The van der Waals surface area contributed by atoms with Crippen LogP contribution in [0, 0.1) is 0 Å². The highest BCUT2D eigenvalue weighted by Gasteiger charge is 2.21. The molecule has 5 heteroatoms. The van der Waals surface area contributed by atoms with Gasteiger partial charge >= 0.3 is 0 Å². The van der Waals surface area contributed by atoms with Gasteiger partial charge < -0.3 is 14.8 Å². The first kappa shape index (κ1) is 17.8. The van der Waals surface area contributed by atoms with Gasteiger partial charge in [-0.1, -0.05) is 24.3 Å². The lowest BCUT2D eigenvalue weighted by atomic mass is 10.1. The van der Waals surface area contributed by atoms with Gasteiger partial charge in [0.1, 0.15) is 0 Å². The molecule has 2 aromatic rings. The Hall–Kier alpha value is -2.56. The van der Waals surface area contributed by atoms with E-state index in [0.29, 0.717) is 12.1 Å². The number of para-hydroxylation sites is 1. The molecule has 0 fully saturated rings. The maximum absolute atomic E-state index is 12.8. The molecule has 1 heterocycles. The van der Waals surface area contributed by atoms with Crippen LogP contribution in [0.4, 0.5) is 0 Å². The van der Waals surface area contributed by atoms with Crippen LogP contribution >= 0.6 is 0 Å². The second-order valence-electron chi connectivity index (χ2n) is 6.96. The van der Waals surface area contributed by atoms with Gasteiger partial charge in [-0.25, -0.2) is 0 Å². The highest BCUT2D eigenvalue weighted by molar-refractivity contribution is 6.07. The third kappa shape index (κ3) is 4.04. The number of benzene rings is 1. The molecule has 0 spiro atoms. The van der Waals surface area contributed by atoms with Gasteiger partial charge in [-0.05, 0) is 26.8 Å². The minimum Gasteiger partial charge on any atom is -0.350 e. The van der Waals surface area contributed by atoms with Crippen molar-refractivity contribution in [2.75, 3.05) is 13.6 Å². The summed E-state index contributed by atoms with van der Waals surface area (Å²) in [5, 5.41) is 3.75. The summed E-state index contributed by atoms with van der Waals surface area (Å²) in [5.41, 5.74) is 1.26. The topological polar surface area (TPSA) is 54.3 Å². The van der Waals surface area contributed by atoms with E-state index in [9.17, 15) is 9.59 Å². The monoisotopic (exact) mass is 327 g/mol. The zero-order valence-corrected chi connectivity index (χ0v) is 14.8. The molecule has 0 saturated heterocycles. The molecule has 0 aliphatic heterocycles. The van der Waals surface area contributed by atoms with Gasteiger partial charge in [0, 0.05) is 36.2 Å². The zero-order valence-electron chi connectivity index (χ0n) is 14.8. The number of allylic oxidation sites excluding steroid dienone is 1. The van der Waals surface area contributed by atoms with Gasteiger partial charge in [-0.3, -0.25) is 9.59 Å². The summed E-state index contributed by atoms with van der Waals surface area (Å²) in [4.78, 5) is 26.3. The molecule has 1 N–H and O–H groups in total. The van der Waals surface area contributed by atoms with E-state index < -0.39 is 0 Å². The Kier molecular flexibility index (Phi) is 5.12. The molecule has 2 rings (SSSR count). The van der Waals surface area contributed by atoms with Gasteiger partial charge in [0.25, 0.3) is 5.91 Å². The Labute approximate surface area is 142 Å². The average Bonchev–Trinajstić information content (AvgIpc) is 2.84. The van der Waals surface area contributed by atoms with Gasteiger partial charge in [0.15, 0.2) is 0 Å². The average molecular weight is 327 g/mol. The van der Waals surface area contributed by atoms with Crippen molar-refractivity contribution >= 4 is 22.7 Å². The zero-order chi connectivity index (χ0) is 17.9. The molecule has 0 unspecified atom stereocenters. The van der Waals surface area contributed by atoms with Crippen molar-refractivity contribution in [3.05, 3.63) is 48.7 Å². The van der Waals surface area contributed by atoms with Crippen molar-refractivity contribution in [1.82, 2.24) is 14.8 Å². The first-order valence-electron chi connectivity index (χ1n) is 7.98. The Balaban J connectivity index is 2.24. The summed E-state index contributed by atoms with van der Waals surface area (Å²) >= 11 is 0. The number of rotatable bonds is 5. The third-order valence-corrected chi connectivity index (χ3v) is 3.59. The first-order valence-corrected chi connectivity index (χ1v) is 7.98. The lowest BCUT2D eigenvalue weighted by Crippen LogP contribution is -2.46. The van der Waals surface area contributed by atoms with Crippen molar-refractivity contribution in [2.45, 2.75) is 32.9 Å². The van der Waals surface area contributed by atoms with Crippen LogP contribution in [0.3, 0.4) is 0 Å². The lowest BCUT2D eigenvalue weighted by molar-refractivity contribution is -0.122. The largest absolute Gasteiger partial charge is 0.350 e. The molecule has 0 aliphatic rings. The Morgan fingerprint density at radius 2 is 1.96 bits per heavy atom. The summed E-state index contributed by atoms with van der Waals surface area (Å²) in [5.74, 6) is -0.341. The fourth-order valence-electron chi connectivity index (χ4n) is 2.66. The van der Waals surface area contributed by atoms with Crippen molar-refractivity contribution in [3.63, 3.8) is 0 Å². The molecule has 1 aromatic heterocycles.